The van der Waals surface area contributed by atoms with E-state index in [9.17, 15) is 35.4 Å². The van der Waals surface area contributed by atoms with Gasteiger partial charge in [0.15, 0.2) is 17.6 Å². The molecule has 6 N–H and O–H groups in total. The summed E-state index contributed by atoms with van der Waals surface area (Å²) in [5.74, 6) is -0.822. The molecule has 0 heterocycles. The van der Waals surface area contributed by atoms with Crippen LogP contribution >= 0.6 is 0 Å². The molecular formula is C16H20O9. The first-order valence-corrected chi connectivity index (χ1v) is 7.42. The first-order valence-electron chi connectivity index (χ1n) is 7.42. The van der Waals surface area contributed by atoms with Crippen LogP contribution in [0.15, 0.2) is 24.3 Å². The van der Waals surface area contributed by atoms with Gasteiger partial charge in [-0.15, -0.1) is 0 Å². The van der Waals surface area contributed by atoms with Crippen LogP contribution in [0, 0.1) is 0 Å². The molecule has 0 aliphatic heterocycles. The van der Waals surface area contributed by atoms with Crippen molar-refractivity contribution in [3.63, 3.8) is 0 Å². The molecule has 1 fully saturated rings. The summed E-state index contributed by atoms with van der Waals surface area (Å²) in [4.78, 5) is 11.9. The summed E-state index contributed by atoms with van der Waals surface area (Å²) in [6.45, 7) is 0. The Morgan fingerprint density at radius 1 is 1.00 bits per heavy atom. The van der Waals surface area contributed by atoms with Gasteiger partial charge in [-0.1, -0.05) is 6.07 Å². The van der Waals surface area contributed by atoms with Crippen LogP contribution in [0.5, 0.6) is 11.5 Å². The van der Waals surface area contributed by atoms with Gasteiger partial charge in [0.05, 0.1) is 7.11 Å². The van der Waals surface area contributed by atoms with Gasteiger partial charge in [0, 0.05) is 6.08 Å². The van der Waals surface area contributed by atoms with Gasteiger partial charge in [0.25, 0.3) is 0 Å². The van der Waals surface area contributed by atoms with E-state index in [-0.39, 0.29) is 11.5 Å². The number of aliphatic hydroxyl groups is 5. The van der Waals surface area contributed by atoms with Crippen LogP contribution in [0.1, 0.15) is 5.56 Å². The number of phenols is 1. The van der Waals surface area contributed by atoms with Crippen molar-refractivity contribution >= 4 is 12.0 Å². The Hall–Kier alpha value is -2.17. The Balaban J connectivity index is 2.06. The van der Waals surface area contributed by atoms with E-state index in [1.165, 1.54) is 31.4 Å². The first kappa shape index (κ1) is 19.2. The van der Waals surface area contributed by atoms with Crippen LogP contribution in [0.25, 0.3) is 6.08 Å². The van der Waals surface area contributed by atoms with Crippen LogP contribution in [-0.2, 0) is 9.53 Å². The standard InChI is InChI=1S/C16H20O9/c1-24-9-6-7(2-4-8(9)17)3-5-10(18)25-16-14(22)12(20)11(19)13(21)15(16)23/h2-6,11-17,19-23H,1H3/t11?,12-,13+,14-,15-,16?/m0/s1. The normalized spacial score (nSPS) is 32.6. The Morgan fingerprint density at radius 2 is 1.56 bits per heavy atom. The lowest BCUT2D eigenvalue weighted by Crippen LogP contribution is -2.64. The number of carbonyl (C=O) groups excluding carboxylic acids is 1. The number of hydrogen-bond donors (Lipinski definition) is 6. The van der Waals surface area contributed by atoms with Crippen molar-refractivity contribution in [3.8, 4) is 11.5 Å². The summed E-state index contributed by atoms with van der Waals surface area (Å²) in [6.07, 6.45) is -8.12. The molecule has 1 aliphatic rings. The fourth-order valence-electron chi connectivity index (χ4n) is 2.47. The highest BCUT2D eigenvalue weighted by molar-refractivity contribution is 5.87. The molecule has 1 aromatic rings. The first-order chi connectivity index (χ1) is 11.8. The SMILES string of the molecule is COc1cc(C=CC(=O)OC2[C@@H](O)[C@H](O)C(O)[C@H](O)[C@@H]2O)ccc1O. The highest BCUT2D eigenvalue weighted by Crippen LogP contribution is 2.27. The molecule has 0 spiro atoms. The average molecular weight is 356 g/mol. The third-order valence-corrected chi connectivity index (χ3v) is 3.94. The minimum absolute atomic E-state index is 0.0720. The molecule has 25 heavy (non-hydrogen) atoms. The van der Waals surface area contributed by atoms with Gasteiger partial charge in [-0.25, -0.2) is 4.79 Å². The van der Waals surface area contributed by atoms with Crippen LogP contribution < -0.4 is 4.74 Å². The van der Waals surface area contributed by atoms with Gasteiger partial charge in [-0.2, -0.15) is 0 Å². The van der Waals surface area contributed by atoms with Crippen molar-refractivity contribution in [2.24, 2.45) is 0 Å². The quantitative estimate of drug-likeness (QED) is 0.269. The lowest BCUT2D eigenvalue weighted by molar-refractivity contribution is -0.231. The van der Waals surface area contributed by atoms with Crippen molar-refractivity contribution in [3.05, 3.63) is 29.8 Å². The number of esters is 1. The Kier molecular flexibility index (Phi) is 5.98. The summed E-state index contributed by atoms with van der Waals surface area (Å²) in [7, 11) is 1.37. The maximum Gasteiger partial charge on any atom is 0.331 e. The second kappa shape index (κ2) is 7.81. The van der Waals surface area contributed by atoms with Crippen molar-refractivity contribution in [1.82, 2.24) is 0 Å². The smallest absolute Gasteiger partial charge is 0.331 e. The molecule has 0 bridgehead atoms. The zero-order valence-electron chi connectivity index (χ0n) is 13.3. The van der Waals surface area contributed by atoms with Crippen LogP contribution in [0.2, 0.25) is 0 Å². The van der Waals surface area contributed by atoms with E-state index >= 15 is 0 Å². The van der Waals surface area contributed by atoms with Crippen molar-refractivity contribution in [2.75, 3.05) is 7.11 Å². The number of aliphatic hydroxyl groups excluding tert-OH is 5. The number of rotatable bonds is 4. The van der Waals surface area contributed by atoms with E-state index in [2.05, 4.69) is 0 Å². The second-order valence-corrected chi connectivity index (χ2v) is 5.62. The fourth-order valence-corrected chi connectivity index (χ4v) is 2.47. The molecule has 0 amide bonds. The third-order valence-electron chi connectivity index (χ3n) is 3.94. The minimum Gasteiger partial charge on any atom is -0.504 e. The Morgan fingerprint density at radius 3 is 2.12 bits per heavy atom. The fraction of sp³-hybridized carbons (Fsp3) is 0.438. The predicted octanol–water partition coefficient (Wildman–Crippen LogP) is -1.86. The summed E-state index contributed by atoms with van der Waals surface area (Å²) >= 11 is 0. The monoisotopic (exact) mass is 356 g/mol. The lowest BCUT2D eigenvalue weighted by Gasteiger charge is -2.40. The van der Waals surface area contributed by atoms with E-state index in [1.54, 1.807) is 0 Å². The van der Waals surface area contributed by atoms with Gasteiger partial charge in [-0.05, 0) is 23.8 Å². The molecule has 9 heteroatoms. The number of hydrogen-bond acceptors (Lipinski definition) is 9. The number of carbonyl (C=O) groups is 1. The molecule has 0 saturated heterocycles. The molecule has 6 atom stereocenters. The lowest BCUT2D eigenvalue weighted by atomic mass is 9.85. The highest BCUT2D eigenvalue weighted by atomic mass is 16.6. The minimum atomic E-state index is -1.78. The van der Waals surface area contributed by atoms with E-state index < -0.39 is 42.6 Å². The molecule has 138 valence electrons. The van der Waals surface area contributed by atoms with Gasteiger partial charge in [0.2, 0.25) is 0 Å². The van der Waals surface area contributed by atoms with Crippen LogP contribution in [0.4, 0.5) is 0 Å². The van der Waals surface area contributed by atoms with Crippen molar-refractivity contribution < 1.29 is 44.9 Å². The van der Waals surface area contributed by atoms with E-state index in [0.717, 1.165) is 6.08 Å². The van der Waals surface area contributed by atoms with E-state index in [4.69, 9.17) is 9.47 Å². The zero-order valence-corrected chi connectivity index (χ0v) is 13.3. The van der Waals surface area contributed by atoms with Crippen LogP contribution in [0.3, 0.4) is 0 Å². The summed E-state index contributed by atoms with van der Waals surface area (Å²) < 4.78 is 9.80. The maximum absolute atomic E-state index is 11.9. The summed E-state index contributed by atoms with van der Waals surface area (Å²) in [5.41, 5.74) is 0.506. The molecule has 2 rings (SSSR count). The number of aromatic hydroxyl groups is 1. The molecule has 1 aliphatic carbocycles. The van der Waals surface area contributed by atoms with Gasteiger partial charge >= 0.3 is 5.97 Å². The summed E-state index contributed by atoms with van der Waals surface area (Å²) in [5, 5.41) is 57.7. The number of ether oxygens (including phenoxy) is 2. The summed E-state index contributed by atoms with van der Waals surface area (Å²) in [6, 6.07) is 4.34. The van der Waals surface area contributed by atoms with Gasteiger partial charge < -0.3 is 40.1 Å². The molecule has 1 saturated carbocycles. The van der Waals surface area contributed by atoms with E-state index in [0.29, 0.717) is 5.56 Å². The Labute approximate surface area is 143 Å². The maximum atomic E-state index is 11.9. The van der Waals surface area contributed by atoms with Crippen molar-refractivity contribution in [1.29, 1.82) is 0 Å². The second-order valence-electron chi connectivity index (χ2n) is 5.62. The van der Waals surface area contributed by atoms with Crippen molar-refractivity contribution in [2.45, 2.75) is 36.6 Å². The Bertz CT molecular complexity index is 628. The molecule has 9 nitrogen and oxygen atoms in total. The molecule has 1 aromatic carbocycles. The largest absolute Gasteiger partial charge is 0.504 e. The third kappa shape index (κ3) is 4.09. The topological polar surface area (TPSA) is 157 Å². The van der Waals surface area contributed by atoms with Gasteiger partial charge in [-0.3, -0.25) is 0 Å². The molecule has 2 unspecified atom stereocenters. The predicted molar refractivity (Wildman–Crippen MR) is 83.6 cm³/mol. The zero-order chi connectivity index (χ0) is 18.7. The molecular weight excluding hydrogens is 336 g/mol. The number of methoxy groups -OCH3 is 1. The van der Waals surface area contributed by atoms with E-state index in [1.807, 2.05) is 0 Å². The number of phenolic OH excluding ortho intramolecular Hbond substituents is 1. The van der Waals surface area contributed by atoms with Gasteiger partial charge in [0.1, 0.15) is 30.5 Å². The van der Waals surface area contributed by atoms with Crippen LogP contribution in [-0.4, -0.2) is 80.3 Å². The molecule has 0 aromatic heterocycles. The average Bonchev–Trinajstić information content (AvgIpc) is 2.61. The number of benzene rings is 1. The highest BCUT2D eigenvalue weighted by Gasteiger charge is 2.50. The molecule has 0 radical (unpaired) electrons.